The third kappa shape index (κ3) is 3.05. The lowest BCUT2D eigenvalue weighted by molar-refractivity contribution is 0.111. The summed E-state index contributed by atoms with van der Waals surface area (Å²) in [5.41, 5.74) is 3.21. The first kappa shape index (κ1) is 13.4. The molecule has 2 rings (SSSR count). The zero-order valence-electron chi connectivity index (χ0n) is 11.4. The number of aromatic nitrogens is 1. The Morgan fingerprint density at radius 1 is 1.32 bits per heavy atom. The molecule has 0 spiro atoms. The van der Waals surface area contributed by atoms with E-state index < -0.39 is 0 Å². The van der Waals surface area contributed by atoms with Crippen molar-refractivity contribution in [2.45, 2.75) is 26.3 Å². The molecule has 1 aromatic carbocycles. The Balaban J connectivity index is 2.16. The molecular formula is C16H19NO2. The van der Waals surface area contributed by atoms with Crippen molar-refractivity contribution in [3.63, 3.8) is 0 Å². The van der Waals surface area contributed by atoms with Crippen LogP contribution < -0.4 is 4.74 Å². The van der Waals surface area contributed by atoms with Gasteiger partial charge < -0.3 is 9.30 Å². The Bertz CT molecular complexity index is 558. The van der Waals surface area contributed by atoms with Crippen LogP contribution in [0.25, 0.3) is 0 Å². The lowest BCUT2D eigenvalue weighted by Gasteiger charge is -2.11. The number of rotatable bonds is 6. The molecule has 0 N–H and O–H groups in total. The van der Waals surface area contributed by atoms with Crippen LogP contribution in [0.2, 0.25) is 0 Å². The van der Waals surface area contributed by atoms with Crippen molar-refractivity contribution in [2.24, 2.45) is 0 Å². The molecule has 0 fully saturated rings. The van der Waals surface area contributed by atoms with Gasteiger partial charge in [-0.1, -0.05) is 19.1 Å². The largest absolute Gasteiger partial charge is 0.496 e. The minimum Gasteiger partial charge on any atom is -0.496 e. The quantitative estimate of drug-likeness (QED) is 0.744. The van der Waals surface area contributed by atoms with E-state index >= 15 is 0 Å². The predicted octanol–water partition coefficient (Wildman–Crippen LogP) is 3.11. The van der Waals surface area contributed by atoms with Crippen molar-refractivity contribution >= 4 is 6.29 Å². The summed E-state index contributed by atoms with van der Waals surface area (Å²) in [7, 11) is 1.69. The van der Waals surface area contributed by atoms with E-state index in [1.165, 1.54) is 11.1 Å². The van der Waals surface area contributed by atoms with Crippen LogP contribution in [0.3, 0.4) is 0 Å². The zero-order chi connectivity index (χ0) is 13.7. The highest BCUT2D eigenvalue weighted by molar-refractivity contribution is 5.72. The van der Waals surface area contributed by atoms with Crippen molar-refractivity contribution in [1.29, 1.82) is 0 Å². The highest BCUT2D eigenvalue weighted by Gasteiger charge is 2.06. The molecule has 0 radical (unpaired) electrons. The molecule has 0 aliphatic heterocycles. The summed E-state index contributed by atoms with van der Waals surface area (Å²) >= 11 is 0. The van der Waals surface area contributed by atoms with Crippen molar-refractivity contribution < 1.29 is 9.53 Å². The average Bonchev–Trinajstić information content (AvgIpc) is 2.92. The highest BCUT2D eigenvalue weighted by atomic mass is 16.5. The fourth-order valence-corrected chi connectivity index (χ4v) is 2.23. The van der Waals surface area contributed by atoms with Crippen LogP contribution in [0.1, 0.15) is 28.5 Å². The number of aldehydes is 1. The normalized spacial score (nSPS) is 10.4. The number of carbonyl (C=O) groups is 1. The van der Waals surface area contributed by atoms with Gasteiger partial charge in [0.2, 0.25) is 0 Å². The first-order valence-corrected chi connectivity index (χ1v) is 6.54. The SMILES string of the molecule is CCc1ccc(OC)c(CCn2cccc2C=O)c1. The number of hydrogen-bond donors (Lipinski definition) is 0. The molecule has 0 amide bonds. The first-order chi connectivity index (χ1) is 9.28. The summed E-state index contributed by atoms with van der Waals surface area (Å²) in [6, 6.07) is 10.0. The van der Waals surface area contributed by atoms with E-state index in [-0.39, 0.29) is 0 Å². The van der Waals surface area contributed by atoms with E-state index in [4.69, 9.17) is 4.74 Å². The molecule has 0 aliphatic carbocycles. The molecule has 19 heavy (non-hydrogen) atoms. The monoisotopic (exact) mass is 257 g/mol. The van der Waals surface area contributed by atoms with E-state index in [2.05, 4.69) is 19.1 Å². The second kappa shape index (κ2) is 6.23. The van der Waals surface area contributed by atoms with Crippen LogP contribution in [0.4, 0.5) is 0 Å². The maximum atomic E-state index is 10.9. The Kier molecular flexibility index (Phi) is 4.39. The third-order valence-corrected chi connectivity index (χ3v) is 3.36. The molecule has 3 nitrogen and oxygen atoms in total. The van der Waals surface area contributed by atoms with Crippen LogP contribution in [-0.2, 0) is 19.4 Å². The minimum absolute atomic E-state index is 0.714. The van der Waals surface area contributed by atoms with Gasteiger partial charge in [0.05, 0.1) is 12.8 Å². The zero-order valence-corrected chi connectivity index (χ0v) is 11.4. The Morgan fingerprint density at radius 2 is 2.16 bits per heavy atom. The highest BCUT2D eigenvalue weighted by Crippen LogP contribution is 2.21. The molecule has 100 valence electrons. The van der Waals surface area contributed by atoms with Crippen LogP contribution in [0.5, 0.6) is 5.75 Å². The van der Waals surface area contributed by atoms with Crippen molar-refractivity contribution in [1.82, 2.24) is 4.57 Å². The summed E-state index contributed by atoms with van der Waals surface area (Å²) in [6.07, 6.45) is 4.69. The number of aryl methyl sites for hydroxylation is 3. The second-order valence-electron chi connectivity index (χ2n) is 4.49. The lowest BCUT2D eigenvalue weighted by Crippen LogP contribution is -2.05. The molecule has 1 heterocycles. The molecule has 1 aromatic heterocycles. The molecule has 0 aliphatic rings. The molecule has 3 heteroatoms. The Morgan fingerprint density at radius 3 is 2.84 bits per heavy atom. The van der Waals surface area contributed by atoms with Gasteiger partial charge in [-0.15, -0.1) is 0 Å². The van der Waals surface area contributed by atoms with Gasteiger partial charge in [-0.3, -0.25) is 4.79 Å². The van der Waals surface area contributed by atoms with Gasteiger partial charge in [0, 0.05) is 12.7 Å². The van der Waals surface area contributed by atoms with Crippen LogP contribution in [0, 0.1) is 0 Å². The van der Waals surface area contributed by atoms with Crippen LogP contribution in [0.15, 0.2) is 36.5 Å². The Hall–Kier alpha value is -2.03. The number of carbonyl (C=O) groups excluding carboxylic acids is 1. The number of nitrogens with zero attached hydrogens (tertiary/aromatic N) is 1. The fourth-order valence-electron chi connectivity index (χ4n) is 2.23. The average molecular weight is 257 g/mol. The minimum atomic E-state index is 0.714. The van der Waals surface area contributed by atoms with Crippen LogP contribution in [-0.4, -0.2) is 18.0 Å². The molecule has 0 saturated heterocycles. The van der Waals surface area contributed by atoms with E-state index in [9.17, 15) is 4.79 Å². The van der Waals surface area contributed by atoms with E-state index in [1.54, 1.807) is 7.11 Å². The molecular weight excluding hydrogens is 238 g/mol. The summed E-state index contributed by atoms with van der Waals surface area (Å²) < 4.78 is 7.36. The molecule has 2 aromatic rings. The molecule has 0 bridgehead atoms. The Labute approximate surface area is 113 Å². The second-order valence-corrected chi connectivity index (χ2v) is 4.49. The van der Waals surface area contributed by atoms with Crippen molar-refractivity contribution in [2.75, 3.05) is 7.11 Å². The van der Waals surface area contributed by atoms with E-state index in [0.717, 1.165) is 31.4 Å². The van der Waals surface area contributed by atoms with Gasteiger partial charge in [0.25, 0.3) is 0 Å². The van der Waals surface area contributed by atoms with Crippen molar-refractivity contribution in [3.05, 3.63) is 53.3 Å². The molecule has 0 saturated carbocycles. The maximum Gasteiger partial charge on any atom is 0.166 e. The summed E-state index contributed by atoms with van der Waals surface area (Å²) in [5.74, 6) is 0.914. The smallest absolute Gasteiger partial charge is 0.166 e. The van der Waals surface area contributed by atoms with Gasteiger partial charge in [0.1, 0.15) is 5.75 Å². The molecule has 0 atom stereocenters. The van der Waals surface area contributed by atoms with Crippen molar-refractivity contribution in [3.8, 4) is 5.75 Å². The van der Waals surface area contributed by atoms with Gasteiger partial charge in [-0.25, -0.2) is 0 Å². The standard InChI is InChI=1S/C16H19NO2/c1-3-13-6-7-16(19-2)14(11-13)8-10-17-9-4-5-15(17)12-18/h4-7,9,11-12H,3,8,10H2,1-2H3. The van der Waals surface area contributed by atoms with Crippen LogP contribution >= 0.6 is 0 Å². The molecule has 0 unspecified atom stereocenters. The number of ether oxygens (including phenoxy) is 1. The number of methoxy groups -OCH3 is 1. The van der Waals surface area contributed by atoms with Gasteiger partial charge in [-0.2, -0.15) is 0 Å². The van der Waals surface area contributed by atoms with E-state index in [0.29, 0.717) is 5.69 Å². The van der Waals surface area contributed by atoms with E-state index in [1.807, 2.05) is 29.0 Å². The van der Waals surface area contributed by atoms with Gasteiger partial charge >= 0.3 is 0 Å². The number of hydrogen-bond acceptors (Lipinski definition) is 2. The summed E-state index contributed by atoms with van der Waals surface area (Å²) in [4.78, 5) is 10.9. The fraction of sp³-hybridized carbons (Fsp3) is 0.312. The predicted molar refractivity (Wildman–Crippen MR) is 75.9 cm³/mol. The first-order valence-electron chi connectivity index (χ1n) is 6.54. The number of benzene rings is 1. The summed E-state index contributed by atoms with van der Waals surface area (Å²) in [5, 5.41) is 0. The topological polar surface area (TPSA) is 31.2 Å². The van der Waals surface area contributed by atoms with Gasteiger partial charge in [-0.05, 0) is 42.2 Å². The van der Waals surface area contributed by atoms with Gasteiger partial charge in [0.15, 0.2) is 6.29 Å². The lowest BCUT2D eigenvalue weighted by atomic mass is 10.1. The third-order valence-electron chi connectivity index (χ3n) is 3.36. The summed E-state index contributed by atoms with van der Waals surface area (Å²) in [6.45, 7) is 2.92. The maximum absolute atomic E-state index is 10.9.